The van der Waals surface area contributed by atoms with Gasteiger partial charge in [-0.25, -0.2) is 4.98 Å². The number of hydrogen-bond donors (Lipinski definition) is 1. The molecule has 0 aliphatic rings. The summed E-state index contributed by atoms with van der Waals surface area (Å²) in [5.74, 6) is 1.39. The molecule has 178 valence electrons. The van der Waals surface area contributed by atoms with Crippen molar-refractivity contribution in [3.8, 4) is 34.5 Å². The van der Waals surface area contributed by atoms with Crippen molar-refractivity contribution < 1.29 is 14.3 Å². The van der Waals surface area contributed by atoms with Crippen molar-refractivity contribution in [2.45, 2.75) is 39.5 Å². The fraction of sp³-hybridized carbons (Fsp3) is 0.276. The van der Waals surface area contributed by atoms with E-state index in [1.165, 1.54) is 6.42 Å². The molecule has 0 aliphatic heterocycles. The fourth-order valence-electron chi connectivity index (χ4n) is 4.29. The van der Waals surface area contributed by atoms with Crippen LogP contribution in [0.1, 0.15) is 39.5 Å². The molecule has 1 atom stereocenters. The molecule has 0 spiro atoms. The van der Waals surface area contributed by atoms with Gasteiger partial charge in [0.05, 0.1) is 12.2 Å². The summed E-state index contributed by atoms with van der Waals surface area (Å²) in [6, 6.07) is 21.2. The molecule has 3 aromatic carbocycles. The van der Waals surface area contributed by atoms with Gasteiger partial charge in [0.2, 0.25) is 0 Å². The van der Waals surface area contributed by atoms with E-state index < -0.39 is 0 Å². The lowest BCUT2D eigenvalue weighted by Crippen LogP contribution is -2.13. The molecule has 0 bridgehead atoms. The number of furan rings is 1. The van der Waals surface area contributed by atoms with Gasteiger partial charge in [0.1, 0.15) is 16.9 Å². The highest BCUT2D eigenvalue weighted by Gasteiger charge is 2.17. The summed E-state index contributed by atoms with van der Waals surface area (Å²) in [7, 11) is 0. The Morgan fingerprint density at radius 3 is 2.46 bits per heavy atom. The van der Waals surface area contributed by atoms with E-state index in [9.17, 15) is 5.11 Å². The zero-order chi connectivity index (χ0) is 24.2. The third-order valence-corrected chi connectivity index (χ3v) is 6.39. The van der Waals surface area contributed by atoms with Crippen LogP contribution in [0.25, 0.3) is 44.7 Å². The van der Waals surface area contributed by atoms with E-state index in [1.807, 2.05) is 42.5 Å². The van der Waals surface area contributed by atoms with Gasteiger partial charge in [0.25, 0.3) is 0 Å². The van der Waals surface area contributed by atoms with E-state index in [0.29, 0.717) is 29.7 Å². The highest BCUT2D eigenvalue weighted by Crippen LogP contribution is 2.33. The SMILES string of the molecule is CCCCC(CC)COc1nc(-c2ccc3c(c2)oc2ccccc23)nc(-c2ccccc2O)n1. The molecule has 6 heteroatoms. The number of rotatable bonds is 9. The van der Waals surface area contributed by atoms with Crippen molar-refractivity contribution in [2.75, 3.05) is 6.61 Å². The van der Waals surface area contributed by atoms with Gasteiger partial charge in [-0.1, -0.05) is 69.5 Å². The van der Waals surface area contributed by atoms with Crippen molar-refractivity contribution in [3.05, 3.63) is 66.7 Å². The van der Waals surface area contributed by atoms with Gasteiger partial charge in [-0.15, -0.1) is 0 Å². The molecule has 2 aromatic heterocycles. The molecule has 0 saturated heterocycles. The minimum absolute atomic E-state index is 0.109. The maximum atomic E-state index is 10.4. The number of nitrogens with zero attached hydrogens (tertiary/aromatic N) is 3. The summed E-state index contributed by atoms with van der Waals surface area (Å²) in [6.45, 7) is 4.92. The number of aromatic hydroxyl groups is 1. The molecular formula is C29H29N3O3. The second-order valence-electron chi connectivity index (χ2n) is 8.82. The van der Waals surface area contributed by atoms with Crippen LogP contribution in [0.5, 0.6) is 11.8 Å². The van der Waals surface area contributed by atoms with E-state index >= 15 is 0 Å². The molecule has 0 radical (unpaired) electrons. The molecule has 5 rings (SSSR count). The number of fused-ring (bicyclic) bond motifs is 3. The van der Waals surface area contributed by atoms with Gasteiger partial charge in [-0.3, -0.25) is 0 Å². The topological polar surface area (TPSA) is 81.3 Å². The Hall–Kier alpha value is -3.93. The Bertz CT molecular complexity index is 1460. The highest BCUT2D eigenvalue weighted by atomic mass is 16.5. The number of unbranched alkanes of at least 4 members (excludes halogenated alkanes) is 1. The quantitative estimate of drug-likeness (QED) is 0.243. The normalized spacial score (nSPS) is 12.3. The maximum absolute atomic E-state index is 10.4. The van der Waals surface area contributed by atoms with Crippen LogP contribution in [0.15, 0.2) is 71.1 Å². The molecule has 0 aliphatic carbocycles. The Morgan fingerprint density at radius 2 is 1.63 bits per heavy atom. The zero-order valence-electron chi connectivity index (χ0n) is 20.1. The second kappa shape index (κ2) is 10.1. The third-order valence-electron chi connectivity index (χ3n) is 6.39. The first-order valence-corrected chi connectivity index (χ1v) is 12.2. The monoisotopic (exact) mass is 467 g/mol. The Balaban J connectivity index is 1.55. The molecule has 1 unspecified atom stereocenters. The van der Waals surface area contributed by atoms with Crippen LogP contribution < -0.4 is 4.74 Å². The van der Waals surface area contributed by atoms with Gasteiger partial charge in [0, 0.05) is 16.3 Å². The van der Waals surface area contributed by atoms with E-state index in [0.717, 1.165) is 46.8 Å². The summed E-state index contributed by atoms with van der Waals surface area (Å²) in [4.78, 5) is 13.9. The summed E-state index contributed by atoms with van der Waals surface area (Å²) >= 11 is 0. The largest absolute Gasteiger partial charge is 0.507 e. The molecule has 6 nitrogen and oxygen atoms in total. The van der Waals surface area contributed by atoms with Crippen LogP contribution in [0, 0.1) is 5.92 Å². The maximum Gasteiger partial charge on any atom is 0.320 e. The first kappa shape index (κ1) is 22.8. The number of aromatic nitrogens is 3. The Kier molecular flexibility index (Phi) is 6.62. The van der Waals surface area contributed by atoms with Crippen molar-refractivity contribution >= 4 is 21.9 Å². The lowest BCUT2D eigenvalue weighted by molar-refractivity contribution is 0.217. The molecule has 1 N–H and O–H groups in total. The molecule has 35 heavy (non-hydrogen) atoms. The summed E-state index contributed by atoms with van der Waals surface area (Å²) < 4.78 is 12.2. The van der Waals surface area contributed by atoms with Crippen LogP contribution in [0.2, 0.25) is 0 Å². The number of para-hydroxylation sites is 2. The molecule has 0 fully saturated rings. The van der Waals surface area contributed by atoms with E-state index in [1.54, 1.807) is 18.2 Å². The smallest absolute Gasteiger partial charge is 0.320 e. The standard InChI is InChI=1S/C29H29N3O3/c1-3-5-10-19(4-2)18-34-29-31-27(30-28(32-29)23-12-6-8-13-24(23)33)20-15-16-22-21-11-7-9-14-25(21)35-26(22)17-20/h6-9,11-17,19,33H,3-5,10,18H2,1-2H3. The Morgan fingerprint density at radius 1 is 0.857 bits per heavy atom. The predicted molar refractivity (Wildman–Crippen MR) is 138 cm³/mol. The summed E-state index contributed by atoms with van der Waals surface area (Å²) in [5, 5.41) is 12.5. The third kappa shape index (κ3) is 4.83. The number of phenols is 1. The first-order chi connectivity index (χ1) is 17.2. The van der Waals surface area contributed by atoms with E-state index in [4.69, 9.17) is 9.15 Å². The molecule has 2 heterocycles. The van der Waals surface area contributed by atoms with Gasteiger partial charge in [-0.05, 0) is 42.7 Å². The molecule has 0 amide bonds. The minimum atomic E-state index is 0.109. The van der Waals surface area contributed by atoms with Crippen molar-refractivity contribution in [1.29, 1.82) is 0 Å². The average molecular weight is 468 g/mol. The molecule has 5 aromatic rings. The van der Waals surface area contributed by atoms with Crippen molar-refractivity contribution in [2.24, 2.45) is 5.92 Å². The average Bonchev–Trinajstić information content (AvgIpc) is 3.27. The van der Waals surface area contributed by atoms with Gasteiger partial charge in [-0.2, -0.15) is 9.97 Å². The Labute approximate surface area is 204 Å². The number of ether oxygens (including phenoxy) is 1. The van der Waals surface area contributed by atoms with Gasteiger partial charge in [0.15, 0.2) is 11.6 Å². The van der Waals surface area contributed by atoms with Crippen LogP contribution in [0.4, 0.5) is 0 Å². The lowest BCUT2D eigenvalue weighted by Gasteiger charge is -2.15. The fourth-order valence-corrected chi connectivity index (χ4v) is 4.29. The summed E-state index contributed by atoms with van der Waals surface area (Å²) in [5.41, 5.74) is 2.93. The van der Waals surface area contributed by atoms with E-state index in [2.05, 4.69) is 34.9 Å². The highest BCUT2D eigenvalue weighted by molar-refractivity contribution is 6.05. The predicted octanol–water partition coefficient (Wildman–Crippen LogP) is 7.41. The minimum Gasteiger partial charge on any atom is -0.507 e. The first-order valence-electron chi connectivity index (χ1n) is 12.2. The zero-order valence-corrected chi connectivity index (χ0v) is 20.1. The summed E-state index contributed by atoms with van der Waals surface area (Å²) in [6.07, 6.45) is 4.48. The van der Waals surface area contributed by atoms with Gasteiger partial charge < -0.3 is 14.3 Å². The number of benzene rings is 3. The number of phenolic OH excluding ortho intramolecular Hbond substituents is 1. The van der Waals surface area contributed by atoms with Crippen LogP contribution in [-0.2, 0) is 0 Å². The van der Waals surface area contributed by atoms with Crippen molar-refractivity contribution in [3.63, 3.8) is 0 Å². The van der Waals surface area contributed by atoms with Crippen LogP contribution in [0.3, 0.4) is 0 Å². The number of hydrogen-bond acceptors (Lipinski definition) is 6. The van der Waals surface area contributed by atoms with Crippen molar-refractivity contribution in [1.82, 2.24) is 15.0 Å². The lowest BCUT2D eigenvalue weighted by atomic mass is 10.0. The second-order valence-corrected chi connectivity index (χ2v) is 8.82. The van der Waals surface area contributed by atoms with Gasteiger partial charge >= 0.3 is 6.01 Å². The molecular weight excluding hydrogens is 438 g/mol. The van der Waals surface area contributed by atoms with E-state index in [-0.39, 0.29) is 11.8 Å². The van der Waals surface area contributed by atoms with Crippen LogP contribution >= 0.6 is 0 Å². The van der Waals surface area contributed by atoms with Crippen LogP contribution in [-0.4, -0.2) is 26.7 Å². The molecule has 0 saturated carbocycles.